The predicted octanol–water partition coefficient (Wildman–Crippen LogP) is -0.176. The first kappa shape index (κ1) is 14.2. The highest BCUT2D eigenvalue weighted by Crippen LogP contribution is 2.30. The molecule has 0 aliphatic carbocycles. The van der Waals surface area contributed by atoms with Gasteiger partial charge in [-0.05, 0) is 19.8 Å². The molecule has 0 amide bonds. The fraction of sp³-hybridized carbons (Fsp3) is 1.00. The zero-order valence-electron chi connectivity index (χ0n) is 11.3. The van der Waals surface area contributed by atoms with E-state index in [9.17, 15) is 5.11 Å². The molecule has 2 aliphatic heterocycles. The Morgan fingerprint density at radius 2 is 2.33 bits per heavy atom. The van der Waals surface area contributed by atoms with Crippen molar-refractivity contribution in [3.63, 3.8) is 0 Å². The van der Waals surface area contributed by atoms with Crippen LogP contribution in [-0.2, 0) is 9.47 Å². The molecule has 0 spiro atoms. The molecular formula is C13H26N2O3. The third kappa shape index (κ3) is 3.22. The molecule has 18 heavy (non-hydrogen) atoms. The second kappa shape index (κ2) is 6.30. The molecule has 0 radical (unpaired) electrons. The monoisotopic (exact) mass is 258 g/mol. The highest BCUT2D eigenvalue weighted by molar-refractivity contribution is 4.89. The van der Waals surface area contributed by atoms with Crippen LogP contribution in [0.15, 0.2) is 0 Å². The summed E-state index contributed by atoms with van der Waals surface area (Å²) in [5.41, 5.74) is 6.07. The normalized spacial score (nSPS) is 38.8. The molecule has 5 nitrogen and oxygen atoms in total. The van der Waals surface area contributed by atoms with E-state index in [-0.39, 0.29) is 18.1 Å². The third-order valence-electron chi connectivity index (χ3n) is 4.21. The lowest BCUT2D eigenvalue weighted by Crippen LogP contribution is -2.56. The van der Waals surface area contributed by atoms with Gasteiger partial charge in [0.2, 0.25) is 0 Å². The Morgan fingerprint density at radius 3 is 2.94 bits per heavy atom. The molecule has 2 fully saturated rings. The van der Waals surface area contributed by atoms with Crippen molar-refractivity contribution in [2.45, 2.75) is 31.9 Å². The van der Waals surface area contributed by atoms with Crippen molar-refractivity contribution in [2.75, 3.05) is 46.1 Å². The van der Waals surface area contributed by atoms with Gasteiger partial charge in [0.15, 0.2) is 0 Å². The molecule has 3 unspecified atom stereocenters. The molecule has 2 aliphatic rings. The molecule has 0 bridgehead atoms. The summed E-state index contributed by atoms with van der Waals surface area (Å²) in [7, 11) is 0. The van der Waals surface area contributed by atoms with Gasteiger partial charge in [-0.2, -0.15) is 0 Å². The molecule has 0 aromatic carbocycles. The summed E-state index contributed by atoms with van der Waals surface area (Å²) in [6, 6.07) is 0.387. The molecule has 2 saturated heterocycles. The molecule has 5 heteroatoms. The average molecular weight is 258 g/mol. The van der Waals surface area contributed by atoms with Gasteiger partial charge >= 0.3 is 0 Å². The van der Waals surface area contributed by atoms with Crippen LogP contribution in [0.25, 0.3) is 0 Å². The van der Waals surface area contributed by atoms with Gasteiger partial charge in [-0.1, -0.05) is 0 Å². The van der Waals surface area contributed by atoms with Gasteiger partial charge in [0.25, 0.3) is 0 Å². The van der Waals surface area contributed by atoms with Gasteiger partial charge in [-0.25, -0.2) is 0 Å². The largest absolute Gasteiger partial charge is 0.394 e. The number of nitrogens with two attached hydrogens (primary N) is 1. The number of hydrogen-bond donors (Lipinski definition) is 2. The summed E-state index contributed by atoms with van der Waals surface area (Å²) in [6.45, 7) is 6.98. The number of hydrogen-bond acceptors (Lipinski definition) is 5. The van der Waals surface area contributed by atoms with E-state index in [1.165, 1.54) is 0 Å². The number of ether oxygens (including phenoxy) is 2. The van der Waals surface area contributed by atoms with Crippen LogP contribution in [0.4, 0.5) is 0 Å². The SMILES string of the molecule is CC1COC(CO)CN1CC1(CN)CCCOC1. The van der Waals surface area contributed by atoms with E-state index < -0.39 is 0 Å². The van der Waals surface area contributed by atoms with Crippen LogP contribution < -0.4 is 5.73 Å². The van der Waals surface area contributed by atoms with E-state index in [0.29, 0.717) is 19.2 Å². The Balaban J connectivity index is 1.96. The first-order chi connectivity index (χ1) is 8.69. The summed E-state index contributed by atoms with van der Waals surface area (Å²) in [5, 5.41) is 9.22. The van der Waals surface area contributed by atoms with Gasteiger partial charge in [0.05, 0.1) is 25.9 Å². The van der Waals surface area contributed by atoms with Crippen molar-refractivity contribution in [2.24, 2.45) is 11.1 Å². The summed E-state index contributed by atoms with van der Waals surface area (Å²) >= 11 is 0. The van der Waals surface area contributed by atoms with Crippen LogP contribution >= 0.6 is 0 Å². The molecule has 0 saturated carbocycles. The molecule has 0 aromatic heterocycles. The summed E-state index contributed by atoms with van der Waals surface area (Å²) < 4.78 is 11.2. The van der Waals surface area contributed by atoms with Crippen molar-refractivity contribution in [1.29, 1.82) is 0 Å². The van der Waals surface area contributed by atoms with E-state index in [0.717, 1.165) is 39.1 Å². The zero-order chi connectivity index (χ0) is 13.0. The molecule has 0 aromatic rings. The first-order valence-corrected chi connectivity index (χ1v) is 6.93. The van der Waals surface area contributed by atoms with Crippen molar-refractivity contribution >= 4 is 0 Å². The molecule has 106 valence electrons. The Kier molecular flexibility index (Phi) is 4.98. The maximum absolute atomic E-state index is 9.22. The highest BCUT2D eigenvalue weighted by atomic mass is 16.5. The summed E-state index contributed by atoms with van der Waals surface area (Å²) in [4.78, 5) is 2.39. The minimum Gasteiger partial charge on any atom is -0.394 e. The van der Waals surface area contributed by atoms with Crippen molar-refractivity contribution in [1.82, 2.24) is 4.90 Å². The lowest BCUT2D eigenvalue weighted by molar-refractivity contribution is -0.101. The Hall–Kier alpha value is -0.200. The molecule has 2 heterocycles. The molecule has 3 N–H and O–H groups in total. The van der Waals surface area contributed by atoms with Gasteiger partial charge < -0.3 is 20.3 Å². The Morgan fingerprint density at radius 1 is 1.50 bits per heavy atom. The minimum absolute atomic E-state index is 0.0551. The quantitative estimate of drug-likeness (QED) is 0.732. The number of morpholine rings is 1. The summed E-state index contributed by atoms with van der Waals surface area (Å²) in [6.07, 6.45) is 2.18. The van der Waals surface area contributed by atoms with Crippen molar-refractivity contribution < 1.29 is 14.6 Å². The average Bonchev–Trinajstić information content (AvgIpc) is 2.42. The van der Waals surface area contributed by atoms with Crippen LogP contribution in [0.3, 0.4) is 0 Å². The Bertz CT molecular complexity index is 257. The van der Waals surface area contributed by atoms with E-state index in [1.54, 1.807) is 0 Å². The molecular weight excluding hydrogens is 232 g/mol. The second-order valence-corrected chi connectivity index (χ2v) is 5.78. The third-order valence-corrected chi connectivity index (χ3v) is 4.21. The topological polar surface area (TPSA) is 68.0 Å². The smallest absolute Gasteiger partial charge is 0.0933 e. The number of aliphatic hydroxyl groups is 1. The zero-order valence-corrected chi connectivity index (χ0v) is 11.3. The Labute approximate surface area is 109 Å². The maximum Gasteiger partial charge on any atom is 0.0933 e. The fourth-order valence-corrected chi connectivity index (χ4v) is 2.90. The van der Waals surface area contributed by atoms with E-state index >= 15 is 0 Å². The standard InChI is InChI=1S/C13H26N2O3/c1-11-7-18-12(6-16)5-15(11)9-13(8-14)3-2-4-17-10-13/h11-12,16H,2-10,14H2,1H3. The van der Waals surface area contributed by atoms with Gasteiger partial charge in [-0.3, -0.25) is 4.90 Å². The van der Waals surface area contributed by atoms with Crippen LogP contribution in [-0.4, -0.2) is 68.2 Å². The predicted molar refractivity (Wildman–Crippen MR) is 69.4 cm³/mol. The lowest BCUT2D eigenvalue weighted by Gasteiger charge is -2.45. The van der Waals surface area contributed by atoms with E-state index in [2.05, 4.69) is 11.8 Å². The number of aliphatic hydroxyl groups excluding tert-OH is 1. The van der Waals surface area contributed by atoms with Crippen molar-refractivity contribution in [3.8, 4) is 0 Å². The van der Waals surface area contributed by atoms with E-state index in [1.807, 2.05) is 0 Å². The first-order valence-electron chi connectivity index (χ1n) is 6.93. The molecule has 3 atom stereocenters. The second-order valence-electron chi connectivity index (χ2n) is 5.78. The highest BCUT2D eigenvalue weighted by Gasteiger charge is 2.36. The van der Waals surface area contributed by atoms with E-state index in [4.69, 9.17) is 15.2 Å². The van der Waals surface area contributed by atoms with Crippen LogP contribution in [0.2, 0.25) is 0 Å². The van der Waals surface area contributed by atoms with Gasteiger partial charge in [-0.15, -0.1) is 0 Å². The molecule has 2 rings (SSSR count). The van der Waals surface area contributed by atoms with Crippen LogP contribution in [0, 0.1) is 5.41 Å². The fourth-order valence-electron chi connectivity index (χ4n) is 2.90. The van der Waals surface area contributed by atoms with Gasteiger partial charge in [0, 0.05) is 37.7 Å². The maximum atomic E-state index is 9.22. The van der Waals surface area contributed by atoms with Gasteiger partial charge in [0.1, 0.15) is 0 Å². The lowest BCUT2D eigenvalue weighted by atomic mass is 9.81. The van der Waals surface area contributed by atoms with Crippen molar-refractivity contribution in [3.05, 3.63) is 0 Å². The number of rotatable bonds is 4. The number of nitrogens with zero attached hydrogens (tertiary/aromatic N) is 1. The van der Waals surface area contributed by atoms with Crippen LogP contribution in [0.1, 0.15) is 19.8 Å². The summed E-state index contributed by atoms with van der Waals surface area (Å²) in [5.74, 6) is 0. The van der Waals surface area contributed by atoms with Crippen LogP contribution in [0.5, 0.6) is 0 Å². The minimum atomic E-state index is -0.0551.